The summed E-state index contributed by atoms with van der Waals surface area (Å²) >= 11 is 0. The molecule has 0 saturated carbocycles. The van der Waals surface area contributed by atoms with Gasteiger partial charge in [-0.05, 0) is 38.1 Å². The Labute approximate surface area is 142 Å². The molecule has 128 valence electrons. The average Bonchev–Trinajstić information content (AvgIpc) is 3.05. The van der Waals surface area contributed by atoms with Gasteiger partial charge < -0.3 is 9.15 Å². The van der Waals surface area contributed by atoms with Gasteiger partial charge in [0.25, 0.3) is 5.89 Å². The van der Waals surface area contributed by atoms with Crippen LogP contribution in [-0.4, -0.2) is 16.2 Å². The fourth-order valence-corrected chi connectivity index (χ4v) is 2.14. The number of benzene rings is 2. The third kappa shape index (κ3) is 3.71. The first-order chi connectivity index (χ1) is 11.9. The minimum absolute atomic E-state index is 0.0754. The molecule has 0 aliphatic heterocycles. The van der Waals surface area contributed by atoms with Crippen molar-refractivity contribution in [3.05, 3.63) is 71.1 Å². The molecule has 2 aromatic carbocycles. The van der Waals surface area contributed by atoms with E-state index in [1.54, 1.807) is 0 Å². The fourth-order valence-electron chi connectivity index (χ4n) is 2.14. The van der Waals surface area contributed by atoms with Crippen molar-refractivity contribution in [3.8, 4) is 11.5 Å². The van der Waals surface area contributed by atoms with Gasteiger partial charge in [-0.25, -0.2) is 13.6 Å². The predicted molar refractivity (Wildman–Crippen MR) is 84.7 cm³/mol. The molecule has 0 saturated heterocycles. The molecule has 0 bridgehead atoms. The van der Waals surface area contributed by atoms with E-state index in [9.17, 15) is 13.6 Å². The maximum atomic E-state index is 13.6. The summed E-state index contributed by atoms with van der Waals surface area (Å²) in [6.07, 6.45) is -0.886. The zero-order valence-electron chi connectivity index (χ0n) is 13.5. The number of carbonyl (C=O) groups excluding carboxylic acids is 1. The highest BCUT2D eigenvalue weighted by molar-refractivity contribution is 5.89. The fraction of sp³-hybridized carbons (Fsp3) is 0.167. The molecule has 0 N–H and O–H groups in total. The van der Waals surface area contributed by atoms with Crippen LogP contribution < -0.4 is 0 Å². The van der Waals surface area contributed by atoms with Crippen molar-refractivity contribution >= 4 is 5.97 Å². The average molecular weight is 344 g/mol. The number of carbonyl (C=O) groups is 1. The molecule has 0 aliphatic carbocycles. The van der Waals surface area contributed by atoms with E-state index >= 15 is 0 Å². The first-order valence-corrected chi connectivity index (χ1v) is 7.50. The number of aryl methyl sites for hydroxylation is 1. The SMILES string of the molecule is Cc1ccc(-c2nnc(C(C)OC(=O)c3ccc(F)cc3F)o2)cc1. The highest BCUT2D eigenvalue weighted by atomic mass is 19.1. The van der Waals surface area contributed by atoms with Crippen molar-refractivity contribution in [2.45, 2.75) is 20.0 Å². The topological polar surface area (TPSA) is 65.2 Å². The smallest absolute Gasteiger partial charge is 0.341 e. The number of hydrogen-bond acceptors (Lipinski definition) is 5. The van der Waals surface area contributed by atoms with Gasteiger partial charge in [-0.3, -0.25) is 0 Å². The van der Waals surface area contributed by atoms with Crippen LogP contribution >= 0.6 is 0 Å². The Morgan fingerprint density at radius 2 is 1.84 bits per heavy atom. The molecule has 3 aromatic rings. The lowest BCUT2D eigenvalue weighted by Crippen LogP contribution is -2.11. The van der Waals surface area contributed by atoms with Crippen molar-refractivity contribution in [1.29, 1.82) is 0 Å². The molecule has 1 atom stereocenters. The third-order valence-electron chi connectivity index (χ3n) is 3.52. The summed E-state index contributed by atoms with van der Waals surface area (Å²) < 4.78 is 37.1. The van der Waals surface area contributed by atoms with Crippen LogP contribution in [0.5, 0.6) is 0 Å². The number of halogens is 2. The molecule has 0 radical (unpaired) electrons. The van der Waals surface area contributed by atoms with Gasteiger partial charge in [0.05, 0.1) is 5.56 Å². The van der Waals surface area contributed by atoms with Crippen molar-refractivity contribution in [2.75, 3.05) is 0 Å². The molecule has 0 aliphatic rings. The van der Waals surface area contributed by atoms with E-state index in [0.29, 0.717) is 6.07 Å². The highest BCUT2D eigenvalue weighted by Crippen LogP contribution is 2.24. The van der Waals surface area contributed by atoms with Gasteiger partial charge in [0.15, 0.2) is 6.10 Å². The monoisotopic (exact) mass is 344 g/mol. The lowest BCUT2D eigenvalue weighted by atomic mass is 10.1. The summed E-state index contributed by atoms with van der Waals surface area (Å²) in [6, 6.07) is 10.1. The lowest BCUT2D eigenvalue weighted by Gasteiger charge is -2.09. The second-order valence-electron chi connectivity index (χ2n) is 5.48. The maximum Gasteiger partial charge on any atom is 0.341 e. The highest BCUT2D eigenvalue weighted by Gasteiger charge is 2.22. The van der Waals surface area contributed by atoms with Crippen LogP contribution in [0.1, 0.15) is 34.8 Å². The minimum atomic E-state index is -0.997. The van der Waals surface area contributed by atoms with E-state index in [1.807, 2.05) is 31.2 Å². The standard InChI is InChI=1S/C18H14F2N2O3/c1-10-3-5-12(6-4-10)17-22-21-16(25-17)11(2)24-18(23)14-8-7-13(19)9-15(14)20/h3-9,11H,1-2H3. The molecule has 0 spiro atoms. The van der Waals surface area contributed by atoms with Crippen LogP contribution in [0.15, 0.2) is 46.9 Å². The zero-order chi connectivity index (χ0) is 18.0. The number of esters is 1. The van der Waals surface area contributed by atoms with Crippen molar-refractivity contribution in [2.24, 2.45) is 0 Å². The summed E-state index contributed by atoms with van der Waals surface area (Å²) in [5.41, 5.74) is 1.45. The van der Waals surface area contributed by atoms with Gasteiger partial charge >= 0.3 is 5.97 Å². The summed E-state index contributed by atoms with van der Waals surface area (Å²) in [5, 5.41) is 7.77. The lowest BCUT2D eigenvalue weighted by molar-refractivity contribution is 0.0274. The minimum Gasteiger partial charge on any atom is -0.449 e. The Balaban J connectivity index is 1.74. The number of hydrogen-bond donors (Lipinski definition) is 0. The van der Waals surface area contributed by atoms with Gasteiger partial charge in [-0.15, -0.1) is 10.2 Å². The van der Waals surface area contributed by atoms with Crippen molar-refractivity contribution in [1.82, 2.24) is 10.2 Å². The summed E-state index contributed by atoms with van der Waals surface area (Å²) in [4.78, 5) is 12.0. The van der Waals surface area contributed by atoms with E-state index in [-0.39, 0.29) is 17.3 Å². The molecule has 1 unspecified atom stereocenters. The van der Waals surface area contributed by atoms with Gasteiger partial charge in [0, 0.05) is 11.6 Å². The van der Waals surface area contributed by atoms with Crippen LogP contribution in [0.3, 0.4) is 0 Å². The van der Waals surface area contributed by atoms with E-state index in [0.717, 1.165) is 23.3 Å². The molecule has 0 amide bonds. The summed E-state index contributed by atoms with van der Waals surface area (Å²) in [6.45, 7) is 3.48. The number of nitrogens with zero attached hydrogens (tertiary/aromatic N) is 2. The molecule has 25 heavy (non-hydrogen) atoms. The van der Waals surface area contributed by atoms with Crippen LogP contribution in [0.4, 0.5) is 8.78 Å². The van der Waals surface area contributed by atoms with Gasteiger partial charge in [-0.1, -0.05) is 17.7 Å². The Morgan fingerprint density at radius 3 is 2.52 bits per heavy atom. The second-order valence-corrected chi connectivity index (χ2v) is 5.48. The van der Waals surface area contributed by atoms with Gasteiger partial charge in [0.1, 0.15) is 11.6 Å². The molecule has 0 fully saturated rings. The first kappa shape index (κ1) is 16.8. The second kappa shape index (κ2) is 6.80. The Hall–Kier alpha value is -3.09. The van der Waals surface area contributed by atoms with E-state index in [2.05, 4.69) is 10.2 Å². The molecular formula is C18H14F2N2O3. The molecule has 5 nitrogen and oxygen atoms in total. The van der Waals surface area contributed by atoms with E-state index in [1.165, 1.54) is 6.92 Å². The Kier molecular flexibility index (Phi) is 4.56. The number of aromatic nitrogens is 2. The molecule has 7 heteroatoms. The number of rotatable bonds is 4. The molecule has 1 aromatic heterocycles. The Morgan fingerprint density at radius 1 is 1.12 bits per heavy atom. The first-order valence-electron chi connectivity index (χ1n) is 7.50. The van der Waals surface area contributed by atoms with Crippen LogP contribution in [0.2, 0.25) is 0 Å². The van der Waals surface area contributed by atoms with Gasteiger partial charge in [-0.2, -0.15) is 0 Å². The summed E-state index contributed by atoms with van der Waals surface area (Å²) in [5.74, 6) is -2.36. The van der Waals surface area contributed by atoms with Crippen LogP contribution in [0, 0.1) is 18.6 Å². The van der Waals surface area contributed by atoms with Crippen molar-refractivity contribution < 1.29 is 22.7 Å². The van der Waals surface area contributed by atoms with Gasteiger partial charge in [0.2, 0.25) is 5.89 Å². The molecule has 3 rings (SSSR count). The molecular weight excluding hydrogens is 330 g/mol. The number of ether oxygens (including phenoxy) is 1. The normalized spacial score (nSPS) is 12.0. The largest absolute Gasteiger partial charge is 0.449 e. The van der Waals surface area contributed by atoms with Crippen molar-refractivity contribution in [3.63, 3.8) is 0 Å². The van der Waals surface area contributed by atoms with E-state index in [4.69, 9.17) is 9.15 Å². The third-order valence-corrected chi connectivity index (χ3v) is 3.52. The zero-order valence-corrected chi connectivity index (χ0v) is 13.5. The maximum absolute atomic E-state index is 13.6. The Bertz CT molecular complexity index is 907. The predicted octanol–water partition coefficient (Wildman–Crippen LogP) is 4.24. The van der Waals surface area contributed by atoms with Crippen LogP contribution in [0.25, 0.3) is 11.5 Å². The van der Waals surface area contributed by atoms with E-state index < -0.39 is 23.7 Å². The van der Waals surface area contributed by atoms with Crippen LogP contribution in [-0.2, 0) is 4.74 Å². The summed E-state index contributed by atoms with van der Waals surface area (Å²) in [7, 11) is 0. The molecule has 1 heterocycles. The quantitative estimate of drug-likeness (QED) is 0.662.